The van der Waals surface area contributed by atoms with Gasteiger partial charge in [-0.2, -0.15) is 0 Å². The molecule has 0 spiro atoms. The molecule has 2 aromatic heterocycles. The molecule has 30 heavy (non-hydrogen) atoms. The number of aromatic nitrogens is 4. The molecule has 4 aromatic rings. The molecule has 0 bridgehead atoms. The van der Waals surface area contributed by atoms with Crippen molar-refractivity contribution in [3.05, 3.63) is 71.5 Å². The van der Waals surface area contributed by atoms with Crippen molar-refractivity contribution in [2.75, 3.05) is 11.1 Å². The molecule has 0 unspecified atom stereocenters. The van der Waals surface area contributed by atoms with Crippen LogP contribution < -0.4 is 5.32 Å². The summed E-state index contributed by atoms with van der Waals surface area (Å²) in [5, 5.41) is 15.9. The van der Waals surface area contributed by atoms with E-state index in [0.29, 0.717) is 16.7 Å². The van der Waals surface area contributed by atoms with Crippen LogP contribution >= 0.6 is 11.8 Å². The second-order valence-electron chi connectivity index (χ2n) is 7.00. The van der Waals surface area contributed by atoms with Crippen molar-refractivity contribution in [2.24, 2.45) is 0 Å². The first-order valence-corrected chi connectivity index (χ1v) is 10.4. The first kappa shape index (κ1) is 19.9. The normalized spacial score (nSPS) is 10.9. The van der Waals surface area contributed by atoms with E-state index in [1.54, 1.807) is 13.0 Å². The van der Waals surface area contributed by atoms with Gasteiger partial charge in [-0.3, -0.25) is 9.36 Å². The van der Waals surface area contributed by atoms with Crippen molar-refractivity contribution in [2.45, 2.75) is 25.9 Å². The maximum atomic E-state index is 12.3. The Kier molecular flexibility index (Phi) is 5.67. The molecule has 0 saturated heterocycles. The van der Waals surface area contributed by atoms with Crippen molar-refractivity contribution in [3.63, 3.8) is 0 Å². The van der Waals surface area contributed by atoms with E-state index in [9.17, 15) is 4.79 Å². The van der Waals surface area contributed by atoms with E-state index in [4.69, 9.17) is 4.52 Å². The van der Waals surface area contributed by atoms with Gasteiger partial charge in [-0.1, -0.05) is 64.4 Å². The predicted octanol–water partition coefficient (Wildman–Crippen LogP) is 4.58. The first-order valence-electron chi connectivity index (χ1n) is 9.45. The van der Waals surface area contributed by atoms with E-state index in [2.05, 4.69) is 20.7 Å². The van der Waals surface area contributed by atoms with Crippen molar-refractivity contribution in [1.82, 2.24) is 19.9 Å². The van der Waals surface area contributed by atoms with Gasteiger partial charge in [-0.05, 0) is 32.9 Å². The lowest BCUT2D eigenvalue weighted by Crippen LogP contribution is -2.14. The SMILES string of the molecule is Cc1ccc(-c2nnc(SCC(=O)Nc3cc(C)on3)n2-c2ccc(C)cc2)cc1. The fourth-order valence-electron chi connectivity index (χ4n) is 2.91. The molecular formula is C22H21N5O2S. The molecule has 4 rings (SSSR count). The summed E-state index contributed by atoms with van der Waals surface area (Å²) >= 11 is 1.32. The summed E-state index contributed by atoms with van der Waals surface area (Å²) in [6.07, 6.45) is 0. The van der Waals surface area contributed by atoms with Crippen LogP contribution in [0.1, 0.15) is 16.9 Å². The number of benzene rings is 2. The van der Waals surface area contributed by atoms with Gasteiger partial charge in [0.2, 0.25) is 5.91 Å². The predicted molar refractivity (Wildman–Crippen MR) is 117 cm³/mol. The number of hydrogen-bond acceptors (Lipinski definition) is 6. The van der Waals surface area contributed by atoms with E-state index in [1.165, 1.54) is 22.9 Å². The topological polar surface area (TPSA) is 85.8 Å². The lowest BCUT2D eigenvalue weighted by Gasteiger charge is -2.11. The Morgan fingerprint density at radius 1 is 1.00 bits per heavy atom. The van der Waals surface area contributed by atoms with Gasteiger partial charge >= 0.3 is 0 Å². The van der Waals surface area contributed by atoms with Gasteiger partial charge in [0.25, 0.3) is 0 Å². The molecule has 0 aliphatic heterocycles. The zero-order chi connectivity index (χ0) is 21.1. The molecule has 1 N–H and O–H groups in total. The van der Waals surface area contributed by atoms with Gasteiger partial charge in [0.1, 0.15) is 5.76 Å². The largest absolute Gasteiger partial charge is 0.360 e. The Morgan fingerprint density at radius 3 is 2.30 bits per heavy atom. The third-order valence-corrected chi connectivity index (χ3v) is 5.39. The molecule has 8 heteroatoms. The molecule has 0 saturated carbocycles. The minimum atomic E-state index is -0.191. The minimum absolute atomic E-state index is 0.170. The third kappa shape index (κ3) is 4.44. The second kappa shape index (κ2) is 8.54. The maximum absolute atomic E-state index is 12.3. The molecule has 1 amide bonds. The Balaban J connectivity index is 1.61. The van der Waals surface area contributed by atoms with Crippen molar-refractivity contribution in [3.8, 4) is 17.1 Å². The molecule has 2 aromatic carbocycles. The van der Waals surface area contributed by atoms with Crippen LogP contribution in [0.2, 0.25) is 0 Å². The highest BCUT2D eigenvalue weighted by Crippen LogP contribution is 2.28. The summed E-state index contributed by atoms with van der Waals surface area (Å²) in [6, 6.07) is 18.0. The van der Waals surface area contributed by atoms with E-state index >= 15 is 0 Å². The molecule has 0 radical (unpaired) electrons. The van der Waals surface area contributed by atoms with Crippen molar-refractivity contribution < 1.29 is 9.32 Å². The highest BCUT2D eigenvalue weighted by Gasteiger charge is 2.17. The number of rotatable bonds is 6. The van der Waals surface area contributed by atoms with Crippen LogP contribution in [0.25, 0.3) is 17.1 Å². The molecular weight excluding hydrogens is 398 g/mol. The highest BCUT2D eigenvalue weighted by atomic mass is 32.2. The van der Waals surface area contributed by atoms with Gasteiger partial charge in [0.15, 0.2) is 16.8 Å². The van der Waals surface area contributed by atoms with Gasteiger partial charge in [-0.25, -0.2) is 0 Å². The lowest BCUT2D eigenvalue weighted by atomic mass is 10.1. The van der Waals surface area contributed by atoms with Crippen molar-refractivity contribution >= 4 is 23.5 Å². The van der Waals surface area contributed by atoms with Gasteiger partial charge in [0, 0.05) is 17.3 Å². The number of carbonyl (C=O) groups excluding carboxylic acids is 1. The number of nitrogens with one attached hydrogen (secondary N) is 1. The average Bonchev–Trinajstić information content (AvgIpc) is 3.34. The van der Waals surface area contributed by atoms with Crippen LogP contribution in [0, 0.1) is 20.8 Å². The zero-order valence-electron chi connectivity index (χ0n) is 16.9. The summed E-state index contributed by atoms with van der Waals surface area (Å²) in [4.78, 5) is 12.3. The van der Waals surface area contributed by atoms with E-state index < -0.39 is 0 Å². The quantitative estimate of drug-likeness (QED) is 0.461. The van der Waals surface area contributed by atoms with Crippen LogP contribution in [-0.2, 0) is 4.79 Å². The van der Waals surface area contributed by atoms with Crippen LogP contribution in [0.5, 0.6) is 0 Å². The molecule has 152 valence electrons. The van der Waals surface area contributed by atoms with E-state index in [1.807, 2.05) is 66.9 Å². The Hall–Kier alpha value is -3.39. The number of nitrogens with zero attached hydrogens (tertiary/aromatic N) is 4. The molecule has 0 atom stereocenters. The number of anilines is 1. The molecule has 0 aliphatic rings. The number of hydrogen-bond donors (Lipinski definition) is 1. The first-order chi connectivity index (χ1) is 14.5. The van der Waals surface area contributed by atoms with Crippen LogP contribution in [0.15, 0.2) is 64.3 Å². The van der Waals surface area contributed by atoms with Crippen LogP contribution in [0.4, 0.5) is 5.82 Å². The fourth-order valence-corrected chi connectivity index (χ4v) is 3.67. The van der Waals surface area contributed by atoms with Crippen molar-refractivity contribution in [1.29, 1.82) is 0 Å². The van der Waals surface area contributed by atoms with Gasteiger partial charge < -0.3 is 9.84 Å². The number of amides is 1. The summed E-state index contributed by atoms with van der Waals surface area (Å²) < 4.78 is 6.95. The summed E-state index contributed by atoms with van der Waals surface area (Å²) in [7, 11) is 0. The van der Waals surface area contributed by atoms with Gasteiger partial charge in [0.05, 0.1) is 5.75 Å². The van der Waals surface area contributed by atoms with E-state index in [-0.39, 0.29) is 11.7 Å². The fraction of sp³-hybridized carbons (Fsp3) is 0.182. The lowest BCUT2D eigenvalue weighted by molar-refractivity contribution is -0.113. The van der Waals surface area contributed by atoms with Crippen LogP contribution in [0.3, 0.4) is 0 Å². The highest BCUT2D eigenvalue weighted by molar-refractivity contribution is 7.99. The summed E-state index contributed by atoms with van der Waals surface area (Å²) in [5.74, 6) is 1.75. The smallest absolute Gasteiger partial charge is 0.236 e. The Bertz CT molecular complexity index is 1160. The minimum Gasteiger partial charge on any atom is -0.360 e. The second-order valence-corrected chi connectivity index (χ2v) is 7.95. The Morgan fingerprint density at radius 2 is 1.67 bits per heavy atom. The maximum Gasteiger partial charge on any atom is 0.236 e. The van der Waals surface area contributed by atoms with E-state index in [0.717, 1.165) is 17.1 Å². The standard InChI is InChI=1S/C22H21N5O2S/c1-14-4-8-17(9-5-14)21-24-25-22(27(21)18-10-6-15(2)7-11-18)30-13-20(28)23-19-12-16(3)29-26-19/h4-12H,13H2,1-3H3,(H,23,26,28). The number of aryl methyl sites for hydroxylation is 3. The molecule has 7 nitrogen and oxygen atoms in total. The average molecular weight is 420 g/mol. The zero-order valence-corrected chi connectivity index (χ0v) is 17.7. The molecule has 0 aliphatic carbocycles. The molecule has 2 heterocycles. The molecule has 0 fully saturated rings. The van der Waals surface area contributed by atoms with Gasteiger partial charge in [-0.15, -0.1) is 10.2 Å². The summed E-state index contributed by atoms with van der Waals surface area (Å²) in [6.45, 7) is 5.86. The summed E-state index contributed by atoms with van der Waals surface area (Å²) in [5.41, 5.74) is 4.24. The monoisotopic (exact) mass is 419 g/mol. The Labute approximate surface area is 178 Å². The van der Waals surface area contributed by atoms with Crippen LogP contribution in [-0.4, -0.2) is 31.6 Å². The third-order valence-electron chi connectivity index (χ3n) is 4.46. The number of thioether (sulfide) groups is 1. The number of carbonyl (C=O) groups is 1.